The third-order valence-corrected chi connectivity index (χ3v) is 1.98. The fourth-order valence-corrected chi connectivity index (χ4v) is 1.40. The second-order valence-corrected chi connectivity index (χ2v) is 3.07. The van der Waals surface area contributed by atoms with Crippen molar-refractivity contribution in [2.24, 2.45) is 5.73 Å². The van der Waals surface area contributed by atoms with Gasteiger partial charge in [-0.2, -0.15) is 0 Å². The van der Waals surface area contributed by atoms with E-state index in [4.69, 9.17) is 10.5 Å². The maximum absolute atomic E-state index is 9.18. The average Bonchev–Trinajstić information content (AvgIpc) is 2.03. The molecule has 0 aliphatic carbocycles. The minimum Gasteiger partial charge on any atom is -0.508 e. The molecule has 3 heteroatoms. The molecule has 0 saturated carbocycles. The van der Waals surface area contributed by atoms with E-state index in [1.54, 1.807) is 18.2 Å². The van der Waals surface area contributed by atoms with Gasteiger partial charge in [0.2, 0.25) is 0 Å². The number of nitrogens with two attached hydrogens (primary N) is 1. The van der Waals surface area contributed by atoms with Crippen molar-refractivity contribution in [3.63, 3.8) is 0 Å². The molecule has 1 aromatic rings. The van der Waals surface area contributed by atoms with Crippen molar-refractivity contribution >= 4 is 0 Å². The van der Waals surface area contributed by atoms with E-state index in [9.17, 15) is 5.11 Å². The molecule has 0 radical (unpaired) electrons. The van der Waals surface area contributed by atoms with Crippen LogP contribution in [0.1, 0.15) is 5.56 Å². The zero-order valence-electron chi connectivity index (χ0n) is 6.66. The normalized spacial score (nSPS) is 21.2. The Morgan fingerprint density at radius 3 is 3.17 bits per heavy atom. The second-order valence-electron chi connectivity index (χ2n) is 3.07. The molecule has 1 aliphatic heterocycles. The van der Waals surface area contributed by atoms with E-state index in [-0.39, 0.29) is 11.8 Å². The number of ether oxygens (including phenoxy) is 1. The lowest BCUT2D eigenvalue weighted by Crippen LogP contribution is -2.33. The van der Waals surface area contributed by atoms with Gasteiger partial charge in [0.05, 0.1) is 0 Å². The van der Waals surface area contributed by atoms with Gasteiger partial charge in [0.25, 0.3) is 0 Å². The van der Waals surface area contributed by atoms with Crippen LogP contribution < -0.4 is 10.5 Å². The summed E-state index contributed by atoms with van der Waals surface area (Å²) in [4.78, 5) is 0. The Morgan fingerprint density at radius 1 is 1.50 bits per heavy atom. The average molecular weight is 165 g/mol. The predicted octanol–water partition coefficient (Wildman–Crippen LogP) is 0.654. The Balaban J connectivity index is 2.37. The number of hydrogen-bond donors (Lipinski definition) is 2. The Kier molecular flexibility index (Phi) is 1.66. The number of fused-ring (bicyclic) bond motifs is 1. The summed E-state index contributed by atoms with van der Waals surface area (Å²) in [5.41, 5.74) is 6.69. The van der Waals surface area contributed by atoms with E-state index >= 15 is 0 Å². The Hall–Kier alpha value is -1.22. The summed E-state index contributed by atoms with van der Waals surface area (Å²) in [6.45, 7) is 0.567. The molecule has 3 N–H and O–H groups in total. The Morgan fingerprint density at radius 2 is 2.33 bits per heavy atom. The van der Waals surface area contributed by atoms with Crippen LogP contribution in [-0.4, -0.2) is 17.8 Å². The molecular formula is C9H11NO2. The highest BCUT2D eigenvalue weighted by Gasteiger charge is 2.16. The standard InChI is InChI=1S/C9H11NO2/c10-7-3-6-4-8(11)1-2-9(6)12-5-7/h1-2,4,7,11H,3,5,10H2/t7-/m1/s1. The van der Waals surface area contributed by atoms with Crippen molar-refractivity contribution in [2.75, 3.05) is 6.61 Å². The van der Waals surface area contributed by atoms with Gasteiger partial charge >= 0.3 is 0 Å². The van der Waals surface area contributed by atoms with Crippen LogP contribution in [0.15, 0.2) is 18.2 Å². The monoisotopic (exact) mass is 165 g/mol. The summed E-state index contributed by atoms with van der Waals surface area (Å²) in [5, 5.41) is 9.18. The smallest absolute Gasteiger partial charge is 0.122 e. The van der Waals surface area contributed by atoms with Gasteiger partial charge in [-0.25, -0.2) is 0 Å². The highest BCUT2D eigenvalue weighted by Crippen LogP contribution is 2.27. The molecule has 0 bridgehead atoms. The van der Waals surface area contributed by atoms with E-state index in [1.165, 1.54) is 0 Å². The lowest BCUT2D eigenvalue weighted by Gasteiger charge is -2.22. The van der Waals surface area contributed by atoms with Crippen LogP contribution in [-0.2, 0) is 6.42 Å². The summed E-state index contributed by atoms with van der Waals surface area (Å²) in [6.07, 6.45) is 0.781. The molecule has 1 atom stereocenters. The molecule has 0 fully saturated rings. The fraction of sp³-hybridized carbons (Fsp3) is 0.333. The number of benzene rings is 1. The molecule has 64 valence electrons. The van der Waals surface area contributed by atoms with Crippen LogP contribution >= 0.6 is 0 Å². The zero-order valence-corrected chi connectivity index (χ0v) is 6.66. The third-order valence-electron chi connectivity index (χ3n) is 1.98. The number of hydrogen-bond acceptors (Lipinski definition) is 3. The topological polar surface area (TPSA) is 55.5 Å². The third kappa shape index (κ3) is 1.23. The Labute approximate surface area is 70.8 Å². The van der Waals surface area contributed by atoms with Crippen LogP contribution in [0, 0.1) is 0 Å². The number of phenols is 1. The van der Waals surface area contributed by atoms with E-state index < -0.39 is 0 Å². The van der Waals surface area contributed by atoms with Crippen LogP contribution in [0.3, 0.4) is 0 Å². The largest absolute Gasteiger partial charge is 0.508 e. The van der Waals surface area contributed by atoms with Gasteiger partial charge in [-0.05, 0) is 30.2 Å². The highest BCUT2D eigenvalue weighted by molar-refractivity contribution is 5.41. The second kappa shape index (κ2) is 2.68. The van der Waals surface area contributed by atoms with Crippen molar-refractivity contribution in [1.29, 1.82) is 0 Å². The first-order valence-corrected chi connectivity index (χ1v) is 3.96. The summed E-state index contributed by atoms with van der Waals surface area (Å²) < 4.78 is 5.35. The maximum atomic E-state index is 9.18. The first-order valence-electron chi connectivity index (χ1n) is 3.96. The molecule has 12 heavy (non-hydrogen) atoms. The maximum Gasteiger partial charge on any atom is 0.122 e. The molecule has 0 spiro atoms. The number of aromatic hydroxyl groups is 1. The van der Waals surface area contributed by atoms with E-state index in [0.29, 0.717) is 6.61 Å². The van der Waals surface area contributed by atoms with Gasteiger partial charge < -0.3 is 15.6 Å². The van der Waals surface area contributed by atoms with E-state index in [0.717, 1.165) is 17.7 Å². The van der Waals surface area contributed by atoms with Crippen LogP contribution in [0.25, 0.3) is 0 Å². The quantitative estimate of drug-likeness (QED) is 0.593. The molecule has 2 rings (SSSR count). The molecule has 3 nitrogen and oxygen atoms in total. The van der Waals surface area contributed by atoms with Crippen molar-refractivity contribution in [3.05, 3.63) is 23.8 Å². The molecule has 1 heterocycles. The first-order chi connectivity index (χ1) is 5.75. The molecule has 0 amide bonds. The van der Waals surface area contributed by atoms with Crippen LogP contribution in [0.4, 0.5) is 0 Å². The van der Waals surface area contributed by atoms with Crippen molar-refractivity contribution < 1.29 is 9.84 Å². The van der Waals surface area contributed by atoms with Gasteiger partial charge in [0.1, 0.15) is 18.1 Å². The van der Waals surface area contributed by atoms with Gasteiger partial charge in [-0.3, -0.25) is 0 Å². The minimum atomic E-state index is 0.0549. The minimum absolute atomic E-state index is 0.0549. The molecule has 0 saturated heterocycles. The van der Waals surface area contributed by atoms with Gasteiger partial charge in [0, 0.05) is 6.04 Å². The summed E-state index contributed by atoms with van der Waals surface area (Å²) in [5.74, 6) is 1.11. The zero-order chi connectivity index (χ0) is 8.55. The molecule has 1 aromatic carbocycles. The molecule has 1 aliphatic rings. The highest BCUT2D eigenvalue weighted by atomic mass is 16.5. The molecule has 0 aromatic heterocycles. The molecule has 0 unspecified atom stereocenters. The Bertz CT molecular complexity index is 299. The SMILES string of the molecule is N[C@H]1COc2ccc(O)cc2C1. The van der Waals surface area contributed by atoms with E-state index in [2.05, 4.69) is 0 Å². The van der Waals surface area contributed by atoms with Crippen molar-refractivity contribution in [2.45, 2.75) is 12.5 Å². The van der Waals surface area contributed by atoms with Crippen molar-refractivity contribution in [3.8, 4) is 11.5 Å². The van der Waals surface area contributed by atoms with Crippen LogP contribution in [0.5, 0.6) is 11.5 Å². The first kappa shape index (κ1) is 7.43. The summed E-state index contributed by atoms with van der Waals surface area (Å²) in [6, 6.07) is 5.15. The summed E-state index contributed by atoms with van der Waals surface area (Å²) in [7, 11) is 0. The van der Waals surface area contributed by atoms with Gasteiger partial charge in [-0.15, -0.1) is 0 Å². The number of rotatable bonds is 0. The van der Waals surface area contributed by atoms with Crippen LogP contribution in [0.2, 0.25) is 0 Å². The summed E-state index contributed by atoms with van der Waals surface area (Å²) >= 11 is 0. The van der Waals surface area contributed by atoms with E-state index in [1.807, 2.05) is 0 Å². The fourth-order valence-electron chi connectivity index (χ4n) is 1.40. The molecular weight excluding hydrogens is 154 g/mol. The van der Waals surface area contributed by atoms with Gasteiger partial charge in [0.15, 0.2) is 0 Å². The number of phenolic OH excluding ortho intramolecular Hbond substituents is 1. The van der Waals surface area contributed by atoms with Gasteiger partial charge in [-0.1, -0.05) is 0 Å². The lowest BCUT2D eigenvalue weighted by molar-refractivity contribution is 0.263. The van der Waals surface area contributed by atoms with Crippen molar-refractivity contribution in [1.82, 2.24) is 0 Å². The lowest BCUT2D eigenvalue weighted by atomic mass is 10.0. The predicted molar refractivity (Wildman–Crippen MR) is 45.3 cm³/mol.